The molecule has 128 valence electrons. The highest BCUT2D eigenvalue weighted by molar-refractivity contribution is 7.09. The Morgan fingerprint density at radius 3 is 2.91 bits per heavy atom. The van der Waals surface area contributed by atoms with Gasteiger partial charge >= 0.3 is 5.97 Å². The summed E-state index contributed by atoms with van der Waals surface area (Å²) in [6, 6.07) is 0. The summed E-state index contributed by atoms with van der Waals surface area (Å²) < 4.78 is 5.15. The SMILES string of the molecule is COCc1nc(CN2CC(C(=O)O)CCC23CCCCC3)cs1. The van der Waals surface area contributed by atoms with E-state index in [1.807, 2.05) is 0 Å². The Bertz CT molecular complexity index is 540. The second-order valence-electron chi connectivity index (χ2n) is 6.90. The number of carboxylic acids is 1. The van der Waals surface area contributed by atoms with Crippen LogP contribution in [0.3, 0.4) is 0 Å². The van der Waals surface area contributed by atoms with Gasteiger partial charge in [-0.15, -0.1) is 11.3 Å². The van der Waals surface area contributed by atoms with Gasteiger partial charge in [0.2, 0.25) is 0 Å². The molecule has 2 fully saturated rings. The van der Waals surface area contributed by atoms with E-state index in [2.05, 4.69) is 15.3 Å². The molecule has 1 spiro atoms. The maximum Gasteiger partial charge on any atom is 0.307 e. The lowest BCUT2D eigenvalue weighted by Gasteiger charge is -2.51. The Morgan fingerprint density at radius 1 is 1.43 bits per heavy atom. The minimum absolute atomic E-state index is 0.204. The molecule has 1 saturated carbocycles. The molecular weight excluding hydrogens is 312 g/mol. The number of aromatic nitrogens is 1. The first kappa shape index (κ1) is 16.9. The fourth-order valence-corrected chi connectivity index (χ4v) is 4.92. The summed E-state index contributed by atoms with van der Waals surface area (Å²) in [5, 5.41) is 12.5. The monoisotopic (exact) mass is 338 g/mol. The van der Waals surface area contributed by atoms with Crippen molar-refractivity contribution in [3.05, 3.63) is 16.1 Å². The van der Waals surface area contributed by atoms with Gasteiger partial charge in [-0.05, 0) is 25.7 Å². The smallest absolute Gasteiger partial charge is 0.307 e. The minimum Gasteiger partial charge on any atom is -0.481 e. The second-order valence-corrected chi connectivity index (χ2v) is 7.85. The molecule has 1 atom stereocenters. The van der Waals surface area contributed by atoms with Crippen LogP contribution in [-0.4, -0.2) is 40.2 Å². The van der Waals surface area contributed by atoms with Crippen molar-refractivity contribution in [2.75, 3.05) is 13.7 Å². The number of rotatable bonds is 5. The molecule has 2 aliphatic rings. The molecule has 1 aliphatic carbocycles. The third kappa shape index (κ3) is 3.75. The first-order valence-corrected chi connectivity index (χ1v) is 9.41. The number of piperidine rings is 1. The predicted octanol–water partition coefficient (Wildman–Crippen LogP) is 3.29. The van der Waals surface area contributed by atoms with Gasteiger partial charge in [-0.1, -0.05) is 19.3 Å². The fourth-order valence-electron chi connectivity index (χ4n) is 4.17. The number of likely N-dealkylation sites (tertiary alicyclic amines) is 1. The number of carboxylic acid groups (broad SMARTS) is 1. The lowest BCUT2D eigenvalue weighted by molar-refractivity contribution is -0.146. The van der Waals surface area contributed by atoms with Crippen LogP contribution in [0.25, 0.3) is 0 Å². The highest BCUT2D eigenvalue weighted by Gasteiger charge is 2.43. The van der Waals surface area contributed by atoms with E-state index in [0.717, 1.165) is 30.1 Å². The van der Waals surface area contributed by atoms with Gasteiger partial charge in [-0.3, -0.25) is 9.69 Å². The normalized spacial score (nSPS) is 24.8. The van der Waals surface area contributed by atoms with E-state index >= 15 is 0 Å². The number of aliphatic carboxylic acids is 1. The molecule has 0 bridgehead atoms. The lowest BCUT2D eigenvalue weighted by Crippen LogP contribution is -2.55. The second kappa shape index (κ2) is 7.28. The molecule has 1 N–H and O–H groups in total. The largest absolute Gasteiger partial charge is 0.481 e. The molecule has 1 aromatic heterocycles. The number of carbonyl (C=O) groups is 1. The van der Waals surface area contributed by atoms with Crippen LogP contribution in [-0.2, 0) is 22.7 Å². The molecule has 6 heteroatoms. The molecule has 1 aliphatic heterocycles. The van der Waals surface area contributed by atoms with E-state index in [-0.39, 0.29) is 11.5 Å². The maximum absolute atomic E-state index is 11.5. The average Bonchev–Trinajstić information content (AvgIpc) is 2.98. The van der Waals surface area contributed by atoms with Crippen molar-refractivity contribution >= 4 is 17.3 Å². The molecular formula is C17H26N2O3S. The van der Waals surface area contributed by atoms with Gasteiger partial charge in [0.1, 0.15) is 5.01 Å². The van der Waals surface area contributed by atoms with Crippen molar-refractivity contribution < 1.29 is 14.6 Å². The Labute approximate surface area is 141 Å². The number of nitrogens with zero attached hydrogens (tertiary/aromatic N) is 2. The molecule has 3 rings (SSSR count). The Kier molecular flexibility index (Phi) is 5.34. The van der Waals surface area contributed by atoms with Gasteiger partial charge in [-0.25, -0.2) is 4.98 Å². The maximum atomic E-state index is 11.5. The number of thiazole rings is 1. The molecule has 1 unspecified atom stereocenters. The summed E-state index contributed by atoms with van der Waals surface area (Å²) in [5.74, 6) is -0.890. The summed E-state index contributed by atoms with van der Waals surface area (Å²) in [4.78, 5) is 18.5. The van der Waals surface area contributed by atoms with Crippen LogP contribution in [0.1, 0.15) is 55.6 Å². The summed E-state index contributed by atoms with van der Waals surface area (Å²) in [7, 11) is 1.68. The van der Waals surface area contributed by atoms with E-state index in [0.29, 0.717) is 13.2 Å². The Morgan fingerprint density at radius 2 is 2.22 bits per heavy atom. The summed E-state index contributed by atoms with van der Waals surface area (Å²) >= 11 is 1.63. The van der Waals surface area contributed by atoms with Gasteiger partial charge in [0.15, 0.2) is 0 Å². The first-order valence-electron chi connectivity index (χ1n) is 8.53. The quantitative estimate of drug-likeness (QED) is 0.892. The molecule has 1 saturated heterocycles. The lowest BCUT2D eigenvalue weighted by atomic mass is 9.72. The predicted molar refractivity (Wildman–Crippen MR) is 89.4 cm³/mol. The standard InChI is InChI=1S/C17H26N2O3S/c1-22-11-15-18-14(12-23-15)10-19-9-13(16(20)21)5-8-17(19)6-3-2-4-7-17/h12-13H,2-11H2,1H3,(H,20,21). The van der Waals surface area contributed by atoms with Gasteiger partial charge in [0, 0.05) is 31.1 Å². The summed E-state index contributed by atoms with van der Waals surface area (Å²) in [5.41, 5.74) is 1.26. The highest BCUT2D eigenvalue weighted by atomic mass is 32.1. The van der Waals surface area contributed by atoms with Gasteiger partial charge in [-0.2, -0.15) is 0 Å². The number of hydrogen-bond donors (Lipinski definition) is 1. The topological polar surface area (TPSA) is 62.7 Å². The van der Waals surface area contributed by atoms with Crippen LogP contribution >= 0.6 is 11.3 Å². The molecule has 0 radical (unpaired) electrons. The van der Waals surface area contributed by atoms with Crippen molar-refractivity contribution in [3.63, 3.8) is 0 Å². The molecule has 23 heavy (non-hydrogen) atoms. The van der Waals surface area contributed by atoms with E-state index in [4.69, 9.17) is 4.74 Å². The van der Waals surface area contributed by atoms with Crippen molar-refractivity contribution in [2.45, 2.75) is 63.6 Å². The number of methoxy groups -OCH3 is 1. The van der Waals surface area contributed by atoms with Crippen LogP contribution in [0.2, 0.25) is 0 Å². The molecule has 2 heterocycles. The zero-order valence-corrected chi connectivity index (χ0v) is 14.6. The van der Waals surface area contributed by atoms with Gasteiger partial charge < -0.3 is 9.84 Å². The number of ether oxygens (including phenoxy) is 1. The highest BCUT2D eigenvalue weighted by Crippen LogP contribution is 2.42. The zero-order chi connectivity index (χ0) is 16.3. The van der Waals surface area contributed by atoms with E-state index in [1.165, 1.54) is 32.1 Å². The van der Waals surface area contributed by atoms with Gasteiger partial charge in [0.25, 0.3) is 0 Å². The van der Waals surface area contributed by atoms with Crippen LogP contribution in [0.15, 0.2) is 5.38 Å². The third-order valence-electron chi connectivity index (χ3n) is 5.42. The van der Waals surface area contributed by atoms with Gasteiger partial charge in [0.05, 0.1) is 18.2 Å². The summed E-state index contributed by atoms with van der Waals surface area (Å²) in [6.45, 7) is 1.98. The first-order chi connectivity index (χ1) is 11.1. The van der Waals surface area contributed by atoms with E-state index in [9.17, 15) is 9.90 Å². The van der Waals surface area contributed by atoms with Crippen LogP contribution in [0, 0.1) is 5.92 Å². The molecule has 1 aromatic rings. The minimum atomic E-state index is -0.654. The van der Waals surface area contributed by atoms with E-state index in [1.54, 1.807) is 18.4 Å². The fraction of sp³-hybridized carbons (Fsp3) is 0.765. The van der Waals surface area contributed by atoms with Crippen molar-refractivity contribution in [1.29, 1.82) is 0 Å². The zero-order valence-electron chi connectivity index (χ0n) is 13.8. The van der Waals surface area contributed by atoms with Crippen molar-refractivity contribution in [1.82, 2.24) is 9.88 Å². The van der Waals surface area contributed by atoms with Crippen molar-refractivity contribution in [2.24, 2.45) is 5.92 Å². The van der Waals surface area contributed by atoms with E-state index < -0.39 is 5.97 Å². The molecule has 5 nitrogen and oxygen atoms in total. The number of hydrogen-bond acceptors (Lipinski definition) is 5. The van der Waals surface area contributed by atoms with Crippen LogP contribution in [0.5, 0.6) is 0 Å². The molecule has 0 amide bonds. The average molecular weight is 338 g/mol. The Balaban J connectivity index is 1.76. The third-order valence-corrected chi connectivity index (χ3v) is 6.29. The summed E-state index contributed by atoms with van der Waals surface area (Å²) in [6.07, 6.45) is 8.08. The molecule has 0 aromatic carbocycles. The van der Waals surface area contributed by atoms with Crippen molar-refractivity contribution in [3.8, 4) is 0 Å². The van der Waals surface area contributed by atoms with Crippen LogP contribution in [0.4, 0.5) is 0 Å². The Hall–Kier alpha value is -0.980. The van der Waals surface area contributed by atoms with Crippen LogP contribution < -0.4 is 0 Å².